The summed E-state index contributed by atoms with van der Waals surface area (Å²) in [6, 6.07) is 14.9. The van der Waals surface area contributed by atoms with Crippen LogP contribution in [0.1, 0.15) is 52.0 Å². The molecule has 0 aliphatic rings. The topological polar surface area (TPSA) is 84.5 Å². The molecule has 1 unspecified atom stereocenters. The first-order valence-corrected chi connectivity index (χ1v) is 10.5. The minimum atomic E-state index is -0.288. The molecule has 4 aromatic rings. The van der Waals surface area contributed by atoms with E-state index in [2.05, 4.69) is 10.6 Å². The minimum absolute atomic E-state index is 0.223. The van der Waals surface area contributed by atoms with Gasteiger partial charge in [0.15, 0.2) is 11.5 Å². The van der Waals surface area contributed by atoms with Gasteiger partial charge < -0.3 is 19.5 Å². The molecule has 0 bridgehead atoms. The second kappa shape index (κ2) is 8.68. The zero-order valence-corrected chi connectivity index (χ0v) is 18.0. The van der Waals surface area contributed by atoms with Crippen molar-refractivity contribution >= 4 is 33.8 Å². The molecule has 4 rings (SSSR count). The van der Waals surface area contributed by atoms with Crippen molar-refractivity contribution in [1.82, 2.24) is 10.6 Å². The Morgan fingerprint density at radius 1 is 0.839 bits per heavy atom. The van der Waals surface area contributed by atoms with E-state index in [4.69, 9.17) is 8.83 Å². The highest BCUT2D eigenvalue weighted by atomic mass is 16.4. The SMILES string of the molecule is CCCC(CNC(=O)c1oc2ccccc2c1C)NC(=O)c1oc2ccccc2c1C. The van der Waals surface area contributed by atoms with E-state index in [-0.39, 0.29) is 17.9 Å². The van der Waals surface area contributed by atoms with Crippen LogP contribution in [-0.4, -0.2) is 24.4 Å². The summed E-state index contributed by atoms with van der Waals surface area (Å²) in [6.45, 7) is 6.09. The number of nitrogens with one attached hydrogen (secondary N) is 2. The maximum absolute atomic E-state index is 12.9. The molecule has 160 valence electrons. The van der Waals surface area contributed by atoms with Crippen LogP contribution in [0.25, 0.3) is 21.9 Å². The van der Waals surface area contributed by atoms with Crippen molar-refractivity contribution in [3.8, 4) is 0 Å². The molecule has 31 heavy (non-hydrogen) atoms. The van der Waals surface area contributed by atoms with Gasteiger partial charge >= 0.3 is 0 Å². The summed E-state index contributed by atoms with van der Waals surface area (Å²) in [5, 5.41) is 7.76. The van der Waals surface area contributed by atoms with Crippen molar-refractivity contribution < 1.29 is 18.4 Å². The van der Waals surface area contributed by atoms with E-state index in [1.165, 1.54) is 0 Å². The molecule has 6 heteroatoms. The fourth-order valence-corrected chi connectivity index (χ4v) is 3.90. The lowest BCUT2D eigenvalue weighted by Gasteiger charge is -2.18. The number of furan rings is 2. The molecule has 2 heterocycles. The number of carbonyl (C=O) groups is 2. The Balaban J connectivity index is 1.46. The number of hydrogen-bond donors (Lipinski definition) is 2. The van der Waals surface area contributed by atoms with Gasteiger partial charge in [-0.3, -0.25) is 9.59 Å². The van der Waals surface area contributed by atoms with Crippen molar-refractivity contribution in [2.24, 2.45) is 0 Å². The van der Waals surface area contributed by atoms with Crippen LogP contribution in [-0.2, 0) is 0 Å². The van der Waals surface area contributed by atoms with Gasteiger partial charge in [0.25, 0.3) is 11.8 Å². The molecular weight excluding hydrogens is 392 g/mol. The van der Waals surface area contributed by atoms with Gasteiger partial charge in [0.2, 0.25) is 0 Å². The van der Waals surface area contributed by atoms with Crippen LogP contribution in [0.4, 0.5) is 0 Å². The molecule has 2 aromatic carbocycles. The smallest absolute Gasteiger partial charge is 0.287 e. The van der Waals surface area contributed by atoms with Crippen LogP contribution in [0.3, 0.4) is 0 Å². The minimum Gasteiger partial charge on any atom is -0.451 e. The Hall–Kier alpha value is -3.54. The number of fused-ring (bicyclic) bond motifs is 2. The van der Waals surface area contributed by atoms with Gasteiger partial charge in [-0.15, -0.1) is 0 Å². The molecule has 2 aromatic heterocycles. The highest BCUT2D eigenvalue weighted by Gasteiger charge is 2.22. The average Bonchev–Trinajstić information content (AvgIpc) is 3.30. The lowest BCUT2D eigenvalue weighted by molar-refractivity contribution is 0.0880. The Kier molecular flexibility index (Phi) is 5.80. The molecule has 1 atom stereocenters. The highest BCUT2D eigenvalue weighted by Crippen LogP contribution is 2.26. The number of rotatable bonds is 7. The maximum Gasteiger partial charge on any atom is 0.287 e. The average molecular weight is 418 g/mol. The van der Waals surface area contributed by atoms with E-state index in [0.717, 1.165) is 34.7 Å². The normalized spacial score (nSPS) is 12.2. The summed E-state index contributed by atoms with van der Waals surface area (Å²) in [5.41, 5.74) is 2.99. The maximum atomic E-state index is 12.9. The zero-order valence-electron chi connectivity index (χ0n) is 18.0. The number of carbonyl (C=O) groups excluding carboxylic acids is 2. The molecule has 0 saturated carbocycles. The van der Waals surface area contributed by atoms with Gasteiger partial charge in [-0.1, -0.05) is 49.7 Å². The first kappa shape index (κ1) is 20.7. The van der Waals surface area contributed by atoms with Gasteiger partial charge in [-0.05, 0) is 32.4 Å². The number of amides is 2. The number of benzene rings is 2. The predicted octanol–water partition coefficient (Wildman–Crippen LogP) is 5.12. The Bertz CT molecular complexity index is 1250. The molecule has 6 nitrogen and oxygen atoms in total. The Morgan fingerprint density at radius 3 is 1.87 bits per heavy atom. The van der Waals surface area contributed by atoms with E-state index >= 15 is 0 Å². The standard InChI is InChI=1S/C25H26N2O4/c1-4-9-17(27-25(29)23-16(3)19-11-6-8-13-21(19)31-23)14-26-24(28)22-15(2)18-10-5-7-12-20(18)30-22/h5-8,10-13,17H,4,9,14H2,1-3H3,(H,26,28)(H,27,29). The molecular formula is C25H26N2O4. The van der Waals surface area contributed by atoms with Gasteiger partial charge in [-0.25, -0.2) is 0 Å². The van der Waals surface area contributed by atoms with Crippen molar-refractivity contribution in [1.29, 1.82) is 0 Å². The second-order valence-corrected chi connectivity index (χ2v) is 7.77. The fourth-order valence-electron chi connectivity index (χ4n) is 3.90. The molecule has 0 aliphatic carbocycles. The van der Waals surface area contributed by atoms with E-state index in [9.17, 15) is 9.59 Å². The molecule has 0 radical (unpaired) electrons. The van der Waals surface area contributed by atoms with Gasteiger partial charge in [0.05, 0.1) is 0 Å². The molecule has 0 fully saturated rings. The van der Waals surface area contributed by atoms with Crippen molar-refractivity contribution in [2.75, 3.05) is 6.54 Å². The Labute approximate surface area is 180 Å². The van der Waals surface area contributed by atoms with Gasteiger partial charge in [0.1, 0.15) is 11.2 Å². The number of aryl methyl sites for hydroxylation is 2. The van der Waals surface area contributed by atoms with E-state index in [1.54, 1.807) is 0 Å². The summed E-state index contributed by atoms with van der Waals surface area (Å²) in [5.74, 6) is 0.0444. The Morgan fingerprint density at radius 2 is 1.35 bits per heavy atom. The molecule has 0 saturated heterocycles. The van der Waals surface area contributed by atoms with Crippen LogP contribution < -0.4 is 10.6 Å². The third-order valence-electron chi connectivity index (χ3n) is 5.58. The van der Waals surface area contributed by atoms with Gasteiger partial charge in [0, 0.05) is 34.5 Å². The van der Waals surface area contributed by atoms with E-state index < -0.39 is 0 Å². The number of para-hydroxylation sites is 2. The molecule has 0 aliphatic heterocycles. The van der Waals surface area contributed by atoms with Crippen LogP contribution >= 0.6 is 0 Å². The summed E-state index contributed by atoms with van der Waals surface area (Å²) in [6.07, 6.45) is 1.59. The third-order valence-corrected chi connectivity index (χ3v) is 5.58. The first-order chi connectivity index (χ1) is 15.0. The fraction of sp³-hybridized carbons (Fsp3) is 0.280. The summed E-state index contributed by atoms with van der Waals surface area (Å²) < 4.78 is 11.5. The summed E-state index contributed by atoms with van der Waals surface area (Å²) >= 11 is 0. The van der Waals surface area contributed by atoms with Crippen LogP contribution in [0.5, 0.6) is 0 Å². The zero-order chi connectivity index (χ0) is 22.0. The monoisotopic (exact) mass is 418 g/mol. The summed E-state index contributed by atoms with van der Waals surface area (Å²) in [7, 11) is 0. The summed E-state index contributed by atoms with van der Waals surface area (Å²) in [4.78, 5) is 25.6. The van der Waals surface area contributed by atoms with E-state index in [0.29, 0.717) is 29.2 Å². The predicted molar refractivity (Wildman–Crippen MR) is 120 cm³/mol. The second-order valence-electron chi connectivity index (χ2n) is 7.77. The lowest BCUT2D eigenvalue weighted by Crippen LogP contribution is -2.43. The first-order valence-electron chi connectivity index (χ1n) is 10.5. The van der Waals surface area contributed by atoms with Crippen LogP contribution in [0, 0.1) is 13.8 Å². The molecule has 2 amide bonds. The van der Waals surface area contributed by atoms with E-state index in [1.807, 2.05) is 69.3 Å². The van der Waals surface area contributed by atoms with Crippen molar-refractivity contribution in [2.45, 2.75) is 39.7 Å². The van der Waals surface area contributed by atoms with Gasteiger partial charge in [-0.2, -0.15) is 0 Å². The quantitative estimate of drug-likeness (QED) is 0.436. The third kappa shape index (κ3) is 4.06. The van der Waals surface area contributed by atoms with Crippen LogP contribution in [0.2, 0.25) is 0 Å². The number of hydrogen-bond acceptors (Lipinski definition) is 4. The largest absolute Gasteiger partial charge is 0.451 e. The highest BCUT2D eigenvalue weighted by molar-refractivity contribution is 6.00. The lowest BCUT2D eigenvalue weighted by atomic mass is 10.1. The van der Waals surface area contributed by atoms with Crippen molar-refractivity contribution in [3.63, 3.8) is 0 Å². The molecule has 0 spiro atoms. The van der Waals surface area contributed by atoms with Crippen molar-refractivity contribution in [3.05, 3.63) is 71.2 Å². The molecule has 2 N–H and O–H groups in total. The van der Waals surface area contributed by atoms with Crippen LogP contribution in [0.15, 0.2) is 57.4 Å².